The van der Waals surface area contributed by atoms with Crippen molar-refractivity contribution in [3.8, 4) is 5.75 Å². The molecule has 2 aromatic carbocycles. The van der Waals surface area contributed by atoms with Gasteiger partial charge in [0.2, 0.25) is 0 Å². The predicted octanol–water partition coefficient (Wildman–Crippen LogP) is 4.49. The number of hydrogen-bond donors (Lipinski definition) is 0. The third-order valence-electron chi connectivity index (χ3n) is 4.77. The van der Waals surface area contributed by atoms with E-state index >= 15 is 0 Å². The largest absolute Gasteiger partial charge is 0.497 e. The molecule has 0 aliphatic carbocycles. The number of ether oxygens (including phenoxy) is 1. The van der Waals surface area contributed by atoms with Crippen molar-refractivity contribution in [2.75, 3.05) is 12.0 Å². The second-order valence-electron chi connectivity index (χ2n) is 6.79. The monoisotopic (exact) mass is 427 g/mol. The van der Waals surface area contributed by atoms with Crippen molar-refractivity contribution in [3.05, 3.63) is 84.4 Å². The van der Waals surface area contributed by atoms with E-state index in [1.165, 1.54) is 17.5 Å². The number of carbonyl (C=O) groups excluding carboxylic acids is 1. The average molecular weight is 427 g/mol. The van der Waals surface area contributed by atoms with Crippen LogP contribution in [0.2, 0.25) is 0 Å². The first-order valence-corrected chi connectivity index (χ1v) is 10.4. The molecule has 0 fully saturated rings. The van der Waals surface area contributed by atoms with Gasteiger partial charge < -0.3 is 4.74 Å². The Balaban J connectivity index is 1.58. The zero-order valence-electron chi connectivity index (χ0n) is 16.6. The normalized spacial score (nSPS) is 11.0. The van der Waals surface area contributed by atoms with Crippen LogP contribution in [-0.2, 0) is 6.54 Å². The molecule has 0 unspecified atom stereocenters. The van der Waals surface area contributed by atoms with E-state index in [2.05, 4.69) is 15.0 Å². The van der Waals surface area contributed by atoms with Crippen molar-refractivity contribution in [3.63, 3.8) is 0 Å². The molecule has 152 valence electrons. The quantitative estimate of drug-likeness (QED) is 0.411. The topological polar surface area (TPSA) is 81.1 Å². The first kappa shape index (κ1) is 19.1. The highest BCUT2D eigenvalue weighted by atomic mass is 32.1. The molecule has 3 heterocycles. The van der Waals surface area contributed by atoms with E-state index in [1.807, 2.05) is 60.7 Å². The van der Waals surface area contributed by atoms with Crippen LogP contribution in [-0.4, -0.2) is 33.0 Å². The Morgan fingerprint density at radius 1 is 0.968 bits per heavy atom. The number of rotatable bonds is 5. The third kappa shape index (κ3) is 3.80. The van der Waals surface area contributed by atoms with Crippen molar-refractivity contribution in [2.24, 2.45) is 0 Å². The molecule has 0 saturated heterocycles. The summed E-state index contributed by atoms with van der Waals surface area (Å²) in [5.41, 5.74) is 3.18. The van der Waals surface area contributed by atoms with E-state index in [1.54, 1.807) is 18.2 Å². The number of anilines is 1. The molecule has 31 heavy (non-hydrogen) atoms. The van der Waals surface area contributed by atoms with Crippen LogP contribution >= 0.6 is 11.3 Å². The van der Waals surface area contributed by atoms with Crippen LogP contribution in [0.25, 0.3) is 21.3 Å². The summed E-state index contributed by atoms with van der Waals surface area (Å²) in [5.74, 6) is 0.433. The first-order valence-electron chi connectivity index (χ1n) is 9.59. The van der Waals surface area contributed by atoms with Gasteiger partial charge in [-0.25, -0.2) is 9.97 Å². The fraction of sp³-hybridized carbons (Fsp3) is 0.0870. The van der Waals surface area contributed by atoms with Crippen LogP contribution in [0.5, 0.6) is 5.75 Å². The van der Waals surface area contributed by atoms with E-state index in [9.17, 15) is 4.79 Å². The van der Waals surface area contributed by atoms with Crippen LogP contribution in [0.1, 0.15) is 16.2 Å². The molecule has 0 spiro atoms. The first-order chi connectivity index (χ1) is 15.2. The van der Waals surface area contributed by atoms with Gasteiger partial charge in [0.25, 0.3) is 5.91 Å². The minimum atomic E-state index is -0.282. The summed E-state index contributed by atoms with van der Waals surface area (Å²) in [7, 11) is 1.61. The molecule has 1 amide bonds. The van der Waals surface area contributed by atoms with Crippen molar-refractivity contribution in [2.45, 2.75) is 6.54 Å². The Morgan fingerprint density at radius 3 is 2.61 bits per heavy atom. The van der Waals surface area contributed by atoms with Crippen molar-refractivity contribution in [1.29, 1.82) is 0 Å². The Kier molecular flexibility index (Phi) is 4.97. The number of thiazole rings is 1. The fourth-order valence-corrected chi connectivity index (χ4v) is 4.16. The molecule has 0 N–H and O–H groups in total. The maximum absolute atomic E-state index is 13.5. The second kappa shape index (κ2) is 8.08. The van der Waals surface area contributed by atoms with Gasteiger partial charge in [0.05, 0.1) is 46.8 Å². The molecule has 8 heteroatoms. The number of pyridine rings is 1. The highest BCUT2D eigenvalue weighted by Gasteiger charge is 2.24. The number of fused-ring (bicyclic) bond motifs is 2. The molecule has 0 atom stereocenters. The van der Waals surface area contributed by atoms with Gasteiger partial charge in [-0.05, 0) is 36.4 Å². The molecule has 0 bridgehead atoms. The van der Waals surface area contributed by atoms with Gasteiger partial charge in [-0.3, -0.25) is 19.7 Å². The minimum absolute atomic E-state index is 0.256. The molecule has 0 aliphatic rings. The Bertz CT molecular complexity index is 1390. The zero-order chi connectivity index (χ0) is 21.2. The number of para-hydroxylation sites is 2. The van der Waals surface area contributed by atoms with E-state index in [0.29, 0.717) is 16.4 Å². The molecule has 5 rings (SSSR count). The molecular weight excluding hydrogens is 410 g/mol. The summed E-state index contributed by atoms with van der Waals surface area (Å²) < 4.78 is 6.26. The lowest BCUT2D eigenvalue weighted by Crippen LogP contribution is -2.31. The standard InChI is InChI=1S/C23H17N5O2S/c1-30-16-9-10-21-19(12-16)27-23(31-21)28(14-15-6-4-5-11-24-15)22(29)20-13-25-17-7-2-3-8-18(17)26-20/h2-13H,14H2,1H3. The van der Waals surface area contributed by atoms with Gasteiger partial charge >= 0.3 is 0 Å². The predicted molar refractivity (Wildman–Crippen MR) is 120 cm³/mol. The Labute approximate surface area is 182 Å². The summed E-state index contributed by atoms with van der Waals surface area (Å²) in [5, 5.41) is 0.564. The Morgan fingerprint density at radius 2 is 1.81 bits per heavy atom. The molecule has 0 saturated carbocycles. The van der Waals surface area contributed by atoms with Crippen molar-refractivity contribution < 1.29 is 9.53 Å². The van der Waals surface area contributed by atoms with Crippen LogP contribution in [0.4, 0.5) is 5.13 Å². The average Bonchev–Trinajstić information content (AvgIpc) is 3.25. The summed E-state index contributed by atoms with van der Waals surface area (Å²) in [6, 6.07) is 18.8. The number of nitrogens with zero attached hydrogens (tertiary/aromatic N) is 5. The number of aromatic nitrogens is 4. The summed E-state index contributed by atoms with van der Waals surface area (Å²) in [6.45, 7) is 0.269. The van der Waals surface area contributed by atoms with Crippen molar-refractivity contribution >= 4 is 43.6 Å². The van der Waals surface area contributed by atoms with E-state index in [4.69, 9.17) is 9.72 Å². The molecule has 0 radical (unpaired) electrons. The molecule has 7 nitrogen and oxygen atoms in total. The maximum atomic E-state index is 13.5. The van der Waals surface area contributed by atoms with E-state index in [0.717, 1.165) is 21.4 Å². The van der Waals surface area contributed by atoms with E-state index < -0.39 is 0 Å². The summed E-state index contributed by atoms with van der Waals surface area (Å²) >= 11 is 1.43. The summed E-state index contributed by atoms with van der Waals surface area (Å²) in [4.78, 5) is 33.1. The lowest BCUT2D eigenvalue weighted by molar-refractivity contribution is 0.0980. The third-order valence-corrected chi connectivity index (χ3v) is 5.83. The zero-order valence-corrected chi connectivity index (χ0v) is 17.4. The second-order valence-corrected chi connectivity index (χ2v) is 7.80. The molecule has 0 aliphatic heterocycles. The number of amides is 1. The minimum Gasteiger partial charge on any atom is -0.497 e. The van der Waals surface area contributed by atoms with Gasteiger partial charge in [0.15, 0.2) is 5.13 Å². The van der Waals surface area contributed by atoms with Gasteiger partial charge in [0.1, 0.15) is 11.4 Å². The fourth-order valence-electron chi connectivity index (χ4n) is 3.22. The van der Waals surface area contributed by atoms with Gasteiger partial charge in [-0.15, -0.1) is 0 Å². The van der Waals surface area contributed by atoms with Gasteiger partial charge in [0, 0.05) is 12.3 Å². The smallest absolute Gasteiger partial charge is 0.280 e. The lowest BCUT2D eigenvalue weighted by Gasteiger charge is -2.19. The SMILES string of the molecule is COc1ccc2sc(N(Cc3ccccn3)C(=O)c3cnc4ccccc4n3)nc2c1. The lowest BCUT2D eigenvalue weighted by atomic mass is 10.2. The number of benzene rings is 2. The van der Waals surface area contributed by atoms with Crippen LogP contribution in [0.15, 0.2) is 73.1 Å². The molecular formula is C23H17N5O2S. The van der Waals surface area contributed by atoms with Crippen LogP contribution in [0, 0.1) is 0 Å². The molecule has 5 aromatic rings. The van der Waals surface area contributed by atoms with Crippen LogP contribution in [0.3, 0.4) is 0 Å². The Hall–Kier alpha value is -3.91. The maximum Gasteiger partial charge on any atom is 0.280 e. The van der Waals surface area contributed by atoms with Gasteiger partial charge in [-0.2, -0.15) is 0 Å². The van der Waals surface area contributed by atoms with Gasteiger partial charge in [-0.1, -0.05) is 29.5 Å². The number of methoxy groups -OCH3 is 1. The highest BCUT2D eigenvalue weighted by molar-refractivity contribution is 7.22. The molecule has 3 aromatic heterocycles. The number of hydrogen-bond acceptors (Lipinski definition) is 7. The number of carbonyl (C=O) groups is 1. The summed E-state index contributed by atoms with van der Waals surface area (Å²) in [6.07, 6.45) is 3.21. The van der Waals surface area contributed by atoms with Crippen LogP contribution < -0.4 is 9.64 Å². The van der Waals surface area contributed by atoms with E-state index in [-0.39, 0.29) is 18.1 Å². The van der Waals surface area contributed by atoms with Crippen molar-refractivity contribution in [1.82, 2.24) is 19.9 Å². The highest BCUT2D eigenvalue weighted by Crippen LogP contribution is 2.32.